The molecule has 1 heterocycles. The zero-order chi connectivity index (χ0) is 18.6. The molecule has 1 aliphatic carbocycles. The second kappa shape index (κ2) is 8.21. The van der Waals surface area contributed by atoms with Crippen LogP contribution < -0.4 is 5.32 Å². The van der Waals surface area contributed by atoms with Gasteiger partial charge >= 0.3 is 6.18 Å². The highest BCUT2D eigenvalue weighted by Gasteiger charge is 2.39. The molecule has 0 saturated heterocycles. The van der Waals surface area contributed by atoms with Crippen LogP contribution in [0, 0.1) is 0 Å². The van der Waals surface area contributed by atoms with Crippen LogP contribution in [0.4, 0.5) is 13.2 Å². The predicted octanol–water partition coefficient (Wildman–Crippen LogP) is 3.19. The molecule has 1 atom stereocenters. The van der Waals surface area contributed by atoms with Crippen molar-refractivity contribution in [3.8, 4) is 0 Å². The smallest absolute Gasteiger partial charge is 0.354 e. The molecular weight excluding hydrogens is 333 g/mol. The number of halogens is 3. The van der Waals surface area contributed by atoms with Crippen LogP contribution in [0.1, 0.15) is 63.4 Å². The minimum Gasteiger partial charge on any atom is -0.354 e. The maximum Gasteiger partial charge on any atom is 0.435 e. The van der Waals surface area contributed by atoms with Crippen molar-refractivity contribution in [2.24, 2.45) is 0 Å². The molecule has 25 heavy (non-hydrogen) atoms. The molecule has 5 nitrogen and oxygen atoms in total. The van der Waals surface area contributed by atoms with Gasteiger partial charge in [-0.05, 0) is 51.9 Å². The van der Waals surface area contributed by atoms with Gasteiger partial charge < -0.3 is 10.2 Å². The van der Waals surface area contributed by atoms with Crippen LogP contribution in [0.25, 0.3) is 0 Å². The number of rotatable bonds is 9. The van der Waals surface area contributed by atoms with E-state index in [1.54, 1.807) is 6.92 Å². The van der Waals surface area contributed by atoms with Gasteiger partial charge in [-0.25, -0.2) is 0 Å². The molecule has 1 fully saturated rings. The van der Waals surface area contributed by atoms with E-state index in [0.717, 1.165) is 45.0 Å². The fourth-order valence-corrected chi connectivity index (χ4v) is 2.85. The van der Waals surface area contributed by atoms with Crippen LogP contribution in [0.15, 0.2) is 6.07 Å². The first-order valence-corrected chi connectivity index (χ1v) is 8.94. The zero-order valence-electron chi connectivity index (χ0n) is 15.1. The molecule has 1 saturated carbocycles. The van der Waals surface area contributed by atoms with E-state index >= 15 is 0 Å². The fourth-order valence-electron chi connectivity index (χ4n) is 2.85. The summed E-state index contributed by atoms with van der Waals surface area (Å²) in [6.07, 6.45) is -1.99. The largest absolute Gasteiger partial charge is 0.435 e. The highest BCUT2D eigenvalue weighted by atomic mass is 19.4. The lowest BCUT2D eigenvalue weighted by Crippen LogP contribution is -2.34. The summed E-state index contributed by atoms with van der Waals surface area (Å²) in [5, 5.41) is 6.48. The van der Waals surface area contributed by atoms with E-state index in [9.17, 15) is 18.0 Å². The lowest BCUT2D eigenvalue weighted by molar-refractivity contribution is -0.142. The van der Waals surface area contributed by atoms with Crippen molar-refractivity contribution in [2.75, 3.05) is 26.2 Å². The van der Waals surface area contributed by atoms with E-state index in [1.165, 1.54) is 4.68 Å². The van der Waals surface area contributed by atoms with E-state index in [0.29, 0.717) is 12.2 Å². The van der Waals surface area contributed by atoms with Crippen LogP contribution in [0.3, 0.4) is 0 Å². The minimum atomic E-state index is -4.49. The van der Waals surface area contributed by atoms with Crippen molar-refractivity contribution >= 4 is 5.91 Å². The van der Waals surface area contributed by atoms with E-state index < -0.39 is 17.9 Å². The molecule has 1 unspecified atom stereocenters. The number of carbonyl (C=O) groups excluding carboxylic acids is 1. The van der Waals surface area contributed by atoms with E-state index in [-0.39, 0.29) is 11.8 Å². The van der Waals surface area contributed by atoms with Gasteiger partial charge in [-0.3, -0.25) is 9.48 Å². The summed E-state index contributed by atoms with van der Waals surface area (Å²) in [6.45, 7) is 9.07. The first-order chi connectivity index (χ1) is 11.8. The summed E-state index contributed by atoms with van der Waals surface area (Å²) in [5.41, 5.74) is -0.409. The Hall–Kier alpha value is -1.57. The fraction of sp³-hybridized carbons (Fsp3) is 0.765. The molecule has 1 aromatic heterocycles. The molecule has 0 aromatic carbocycles. The molecule has 8 heteroatoms. The molecule has 0 spiro atoms. The first kappa shape index (κ1) is 19.8. The standard InChI is InChI=1S/C17H27F3N4O/c1-4-23(5-2)10-6-9-21-16(25)12(3)24-14(13-7-8-13)11-15(22-24)17(18,19)20/h11-13H,4-10H2,1-3H3,(H,21,25). The quantitative estimate of drug-likeness (QED) is 0.688. The lowest BCUT2D eigenvalue weighted by atomic mass is 10.2. The van der Waals surface area contributed by atoms with Crippen molar-refractivity contribution in [1.29, 1.82) is 0 Å². The van der Waals surface area contributed by atoms with Crippen LogP contribution >= 0.6 is 0 Å². The topological polar surface area (TPSA) is 50.2 Å². The Balaban J connectivity index is 1.96. The Morgan fingerprint density at radius 1 is 1.40 bits per heavy atom. The summed E-state index contributed by atoms with van der Waals surface area (Å²) in [5.74, 6) is -0.209. The van der Waals surface area contributed by atoms with Gasteiger partial charge in [0.2, 0.25) is 5.91 Å². The van der Waals surface area contributed by atoms with Crippen LogP contribution in [-0.4, -0.2) is 46.8 Å². The van der Waals surface area contributed by atoms with Crippen molar-refractivity contribution < 1.29 is 18.0 Å². The SMILES string of the molecule is CCN(CC)CCCNC(=O)C(C)n1nc(C(F)(F)F)cc1C1CC1. The Kier molecular flexibility index (Phi) is 6.48. The summed E-state index contributed by atoms with van der Waals surface area (Å²) in [4.78, 5) is 14.6. The van der Waals surface area contributed by atoms with Crippen molar-refractivity contribution in [3.63, 3.8) is 0 Å². The van der Waals surface area contributed by atoms with Gasteiger partial charge in [0.15, 0.2) is 5.69 Å². The number of amides is 1. The van der Waals surface area contributed by atoms with Crippen LogP contribution in [0.5, 0.6) is 0 Å². The Labute approximate surface area is 146 Å². The van der Waals surface area contributed by atoms with Crippen LogP contribution in [0.2, 0.25) is 0 Å². The third-order valence-corrected chi connectivity index (χ3v) is 4.64. The summed E-state index contributed by atoms with van der Waals surface area (Å²) < 4.78 is 40.1. The summed E-state index contributed by atoms with van der Waals surface area (Å²) in [6, 6.07) is 0.335. The molecule has 1 aromatic rings. The monoisotopic (exact) mass is 360 g/mol. The molecule has 2 rings (SSSR count). The van der Waals surface area contributed by atoms with Gasteiger partial charge in [0.25, 0.3) is 0 Å². The maximum absolute atomic E-state index is 12.9. The van der Waals surface area contributed by atoms with Gasteiger partial charge in [0.1, 0.15) is 6.04 Å². The maximum atomic E-state index is 12.9. The van der Waals surface area contributed by atoms with E-state index in [4.69, 9.17) is 0 Å². The average molecular weight is 360 g/mol. The number of hydrogen-bond donors (Lipinski definition) is 1. The second-order valence-electron chi connectivity index (χ2n) is 6.52. The van der Waals surface area contributed by atoms with Gasteiger partial charge in [-0.2, -0.15) is 18.3 Å². The zero-order valence-corrected chi connectivity index (χ0v) is 15.1. The Morgan fingerprint density at radius 3 is 2.56 bits per heavy atom. The molecular formula is C17H27F3N4O. The molecule has 0 radical (unpaired) electrons. The summed E-state index contributed by atoms with van der Waals surface area (Å²) >= 11 is 0. The third-order valence-electron chi connectivity index (χ3n) is 4.64. The summed E-state index contributed by atoms with van der Waals surface area (Å²) in [7, 11) is 0. The lowest BCUT2D eigenvalue weighted by Gasteiger charge is -2.19. The predicted molar refractivity (Wildman–Crippen MR) is 89.3 cm³/mol. The Morgan fingerprint density at radius 2 is 2.04 bits per heavy atom. The third kappa shape index (κ3) is 5.20. The number of alkyl halides is 3. The van der Waals surface area contributed by atoms with Gasteiger partial charge in [0, 0.05) is 18.2 Å². The Bertz CT molecular complexity index is 577. The minimum absolute atomic E-state index is 0.0847. The molecule has 1 aliphatic rings. The number of aromatic nitrogens is 2. The first-order valence-electron chi connectivity index (χ1n) is 8.94. The highest BCUT2D eigenvalue weighted by molar-refractivity contribution is 5.79. The molecule has 0 aliphatic heterocycles. The second-order valence-corrected chi connectivity index (χ2v) is 6.52. The molecule has 1 amide bonds. The van der Waals surface area contributed by atoms with Crippen molar-refractivity contribution in [2.45, 2.75) is 58.2 Å². The molecule has 0 bridgehead atoms. The van der Waals surface area contributed by atoms with Gasteiger partial charge in [0.05, 0.1) is 0 Å². The van der Waals surface area contributed by atoms with E-state index in [2.05, 4.69) is 29.2 Å². The van der Waals surface area contributed by atoms with Gasteiger partial charge in [-0.15, -0.1) is 0 Å². The van der Waals surface area contributed by atoms with Crippen molar-refractivity contribution in [3.05, 3.63) is 17.5 Å². The van der Waals surface area contributed by atoms with E-state index in [1.807, 2.05) is 0 Å². The molecule has 1 N–H and O–H groups in total. The number of nitrogens with zero attached hydrogens (tertiary/aromatic N) is 3. The number of nitrogens with one attached hydrogen (secondary N) is 1. The normalized spacial score (nSPS) is 16.3. The number of carbonyl (C=O) groups is 1. The average Bonchev–Trinajstić information content (AvgIpc) is 3.31. The number of hydrogen-bond acceptors (Lipinski definition) is 3. The molecule has 142 valence electrons. The highest BCUT2D eigenvalue weighted by Crippen LogP contribution is 2.42. The van der Waals surface area contributed by atoms with Crippen molar-refractivity contribution in [1.82, 2.24) is 20.0 Å². The van der Waals surface area contributed by atoms with Gasteiger partial charge in [-0.1, -0.05) is 13.8 Å². The van der Waals surface area contributed by atoms with Crippen LogP contribution in [-0.2, 0) is 11.0 Å².